The molecule has 3 aromatic rings. The molecule has 0 spiro atoms. The molecule has 3 heterocycles. The number of amides is 2. The molecule has 3 aromatic heterocycles. The highest BCUT2D eigenvalue weighted by molar-refractivity contribution is 5.92. The third kappa shape index (κ3) is 7.27. The minimum Gasteiger partial charge on any atom is -0.349 e. The van der Waals surface area contributed by atoms with Crippen molar-refractivity contribution in [2.24, 2.45) is 11.8 Å². The minimum absolute atomic E-state index is 0.0813. The lowest BCUT2D eigenvalue weighted by atomic mass is 9.81. The molecule has 2 atom stereocenters. The number of carbonyl (C=O) groups excluding carboxylic acids is 2. The van der Waals surface area contributed by atoms with Crippen LogP contribution in [-0.4, -0.2) is 48.5 Å². The van der Waals surface area contributed by atoms with Gasteiger partial charge in [0.25, 0.3) is 5.91 Å². The largest absolute Gasteiger partial charge is 0.389 e. The second-order valence-electron chi connectivity index (χ2n) is 12.0. The van der Waals surface area contributed by atoms with Crippen molar-refractivity contribution >= 4 is 17.5 Å². The smallest absolute Gasteiger partial charge is 0.349 e. The summed E-state index contributed by atoms with van der Waals surface area (Å²) in [4.78, 5) is 39.0. The first kappa shape index (κ1) is 29.4. The molecule has 0 aromatic carbocycles. The van der Waals surface area contributed by atoms with Crippen molar-refractivity contribution in [2.75, 3.05) is 0 Å². The average Bonchev–Trinajstić information content (AvgIpc) is 3.90. The highest BCUT2D eigenvalue weighted by Gasteiger charge is 2.40. The molecule has 3 aliphatic rings. The van der Waals surface area contributed by atoms with E-state index in [4.69, 9.17) is 4.98 Å². The van der Waals surface area contributed by atoms with Gasteiger partial charge in [0.2, 0.25) is 11.8 Å². The maximum absolute atomic E-state index is 14.0. The van der Waals surface area contributed by atoms with Crippen molar-refractivity contribution in [3.8, 4) is 0 Å². The molecule has 43 heavy (non-hydrogen) atoms. The first-order valence-electron chi connectivity index (χ1n) is 14.7. The zero-order valence-electron chi connectivity index (χ0n) is 23.3. The number of alkyl halides is 5. The molecule has 1 unspecified atom stereocenters. The fourth-order valence-corrected chi connectivity index (χ4v) is 5.72. The van der Waals surface area contributed by atoms with Gasteiger partial charge in [-0.3, -0.25) is 9.59 Å². The maximum atomic E-state index is 14.0. The lowest BCUT2D eigenvalue weighted by Gasteiger charge is -2.33. The molecule has 2 amide bonds. The molecule has 3 saturated carbocycles. The van der Waals surface area contributed by atoms with Gasteiger partial charge in [0.1, 0.15) is 11.5 Å². The lowest BCUT2D eigenvalue weighted by molar-refractivity contribution is -0.144. The Bertz CT molecular complexity index is 1490. The highest BCUT2D eigenvalue weighted by Crippen LogP contribution is 2.43. The summed E-state index contributed by atoms with van der Waals surface area (Å²) in [7, 11) is 0. The Morgan fingerprint density at radius 2 is 1.72 bits per heavy atom. The molecule has 2 N–H and O–H groups in total. The Balaban J connectivity index is 1.24. The molecule has 9 nitrogen and oxygen atoms in total. The molecular formula is C29H32F5N7O2. The van der Waals surface area contributed by atoms with Gasteiger partial charge in [0, 0.05) is 31.4 Å². The number of fused-ring (bicyclic) bond motifs is 1. The Hall–Kier alpha value is -3.71. The first-order valence-corrected chi connectivity index (χ1v) is 14.7. The van der Waals surface area contributed by atoms with Crippen molar-refractivity contribution in [1.82, 2.24) is 35.2 Å². The Morgan fingerprint density at radius 3 is 2.40 bits per heavy atom. The number of halogens is 5. The molecule has 3 aliphatic carbocycles. The van der Waals surface area contributed by atoms with Crippen molar-refractivity contribution in [1.29, 1.82) is 0 Å². The highest BCUT2D eigenvalue weighted by atomic mass is 19.4. The summed E-state index contributed by atoms with van der Waals surface area (Å²) in [6.45, 7) is 0. The van der Waals surface area contributed by atoms with Crippen LogP contribution in [0, 0.1) is 11.8 Å². The SMILES string of the molecule is O=C(CCC(F)(F)F)NC(c1cnn2cc([C@@H](NC(=O)c3ccnc(C4CC4)n3)C3CCC(F)(F)CC3)nc2c1)C1CC1. The van der Waals surface area contributed by atoms with E-state index in [0.29, 0.717) is 22.7 Å². The molecule has 0 bridgehead atoms. The number of nitrogens with zero attached hydrogens (tertiary/aromatic N) is 5. The Kier molecular flexibility index (Phi) is 7.80. The summed E-state index contributed by atoms with van der Waals surface area (Å²) in [5, 5.41) is 10.1. The number of rotatable bonds is 10. The van der Waals surface area contributed by atoms with Gasteiger partial charge >= 0.3 is 6.18 Å². The van der Waals surface area contributed by atoms with Crippen LogP contribution in [0.2, 0.25) is 0 Å². The predicted molar refractivity (Wildman–Crippen MR) is 143 cm³/mol. The van der Waals surface area contributed by atoms with E-state index in [-0.39, 0.29) is 49.1 Å². The van der Waals surface area contributed by atoms with Crippen molar-refractivity contribution < 1.29 is 31.5 Å². The van der Waals surface area contributed by atoms with Crippen LogP contribution in [0.5, 0.6) is 0 Å². The molecule has 0 radical (unpaired) electrons. The third-order valence-electron chi connectivity index (χ3n) is 8.45. The van der Waals surface area contributed by atoms with Crippen LogP contribution in [0.3, 0.4) is 0 Å². The summed E-state index contributed by atoms with van der Waals surface area (Å²) in [5.74, 6) is -3.26. The van der Waals surface area contributed by atoms with Crippen LogP contribution in [0.4, 0.5) is 22.0 Å². The van der Waals surface area contributed by atoms with E-state index in [2.05, 4.69) is 25.7 Å². The summed E-state index contributed by atoms with van der Waals surface area (Å²) in [5.41, 5.74) is 1.66. The topological polar surface area (TPSA) is 114 Å². The number of imidazole rings is 1. The molecular weight excluding hydrogens is 573 g/mol. The van der Waals surface area contributed by atoms with E-state index in [9.17, 15) is 31.5 Å². The van der Waals surface area contributed by atoms with Crippen LogP contribution < -0.4 is 10.6 Å². The normalized spacial score (nSPS) is 20.5. The van der Waals surface area contributed by atoms with Gasteiger partial charge in [-0.2, -0.15) is 18.3 Å². The number of aromatic nitrogens is 5. The average molecular weight is 606 g/mol. The van der Waals surface area contributed by atoms with Gasteiger partial charge in [0.15, 0.2) is 5.65 Å². The summed E-state index contributed by atoms with van der Waals surface area (Å²) in [6.07, 6.45) is 1.81. The molecule has 14 heteroatoms. The van der Waals surface area contributed by atoms with Crippen LogP contribution >= 0.6 is 0 Å². The molecule has 230 valence electrons. The quantitative estimate of drug-likeness (QED) is 0.291. The number of nitrogens with one attached hydrogen (secondary N) is 2. The molecule has 6 rings (SSSR count). The fraction of sp³-hybridized carbons (Fsp3) is 0.586. The minimum atomic E-state index is -4.42. The summed E-state index contributed by atoms with van der Waals surface area (Å²) < 4.78 is 67.4. The zero-order chi connectivity index (χ0) is 30.4. The van der Waals surface area contributed by atoms with Gasteiger partial charge in [-0.05, 0) is 68.1 Å². The van der Waals surface area contributed by atoms with Gasteiger partial charge in [-0.15, -0.1) is 0 Å². The molecule has 3 fully saturated rings. The third-order valence-corrected chi connectivity index (χ3v) is 8.45. The van der Waals surface area contributed by atoms with Crippen LogP contribution in [0.25, 0.3) is 5.65 Å². The number of carbonyl (C=O) groups is 2. The first-order chi connectivity index (χ1) is 20.4. The van der Waals surface area contributed by atoms with Gasteiger partial charge in [-0.1, -0.05) is 0 Å². The van der Waals surface area contributed by atoms with Crippen LogP contribution in [-0.2, 0) is 4.79 Å². The van der Waals surface area contributed by atoms with E-state index >= 15 is 0 Å². The Labute approximate surface area is 244 Å². The van der Waals surface area contributed by atoms with Gasteiger partial charge < -0.3 is 10.6 Å². The summed E-state index contributed by atoms with van der Waals surface area (Å²) >= 11 is 0. The standard InChI is InChI=1S/C29H32F5N7O2/c30-28(31)9-5-17(6-10-28)25(40-27(43)20-8-12-35-26(38-20)18-3-4-18)21-15-41-22(37-21)13-19(14-36-41)24(16-1-2-16)39-23(42)7-11-29(32,33)34/h8,12-18,24-25H,1-7,9-11H2,(H,39,42)(H,40,43)/t24?,25-/m0/s1. The molecule has 0 aliphatic heterocycles. The number of hydrogen-bond acceptors (Lipinski definition) is 6. The van der Waals surface area contributed by atoms with Crippen LogP contribution in [0.1, 0.15) is 110 Å². The van der Waals surface area contributed by atoms with Crippen molar-refractivity contribution in [3.63, 3.8) is 0 Å². The zero-order valence-corrected chi connectivity index (χ0v) is 23.3. The monoisotopic (exact) mass is 605 g/mol. The van der Waals surface area contributed by atoms with E-state index in [0.717, 1.165) is 25.7 Å². The fourth-order valence-electron chi connectivity index (χ4n) is 5.72. The second-order valence-corrected chi connectivity index (χ2v) is 12.0. The van der Waals surface area contributed by atoms with Gasteiger partial charge in [0.05, 0.1) is 36.6 Å². The predicted octanol–water partition coefficient (Wildman–Crippen LogP) is 5.60. The Morgan fingerprint density at radius 1 is 1.00 bits per heavy atom. The second kappa shape index (κ2) is 11.4. The number of hydrogen-bond donors (Lipinski definition) is 2. The lowest BCUT2D eigenvalue weighted by Crippen LogP contribution is -2.37. The van der Waals surface area contributed by atoms with E-state index in [1.54, 1.807) is 24.7 Å². The molecule has 0 saturated heterocycles. The maximum Gasteiger partial charge on any atom is 0.389 e. The van der Waals surface area contributed by atoms with E-state index < -0.39 is 48.8 Å². The van der Waals surface area contributed by atoms with Crippen LogP contribution in [0.15, 0.2) is 30.7 Å². The van der Waals surface area contributed by atoms with Crippen molar-refractivity contribution in [3.05, 3.63) is 53.5 Å². The van der Waals surface area contributed by atoms with E-state index in [1.165, 1.54) is 10.6 Å². The van der Waals surface area contributed by atoms with E-state index in [1.807, 2.05) is 0 Å². The van der Waals surface area contributed by atoms with Crippen molar-refractivity contribution in [2.45, 2.75) is 94.3 Å². The van der Waals surface area contributed by atoms with Gasteiger partial charge in [-0.25, -0.2) is 28.2 Å². The summed E-state index contributed by atoms with van der Waals surface area (Å²) in [6, 6.07) is 2.04.